The largest absolute Gasteiger partial charge is 0.399 e. The van der Waals surface area contributed by atoms with Crippen LogP contribution in [0.15, 0.2) is 48.0 Å². The minimum absolute atomic E-state index is 0.389. The van der Waals surface area contributed by atoms with Gasteiger partial charge in [-0.3, -0.25) is 0 Å². The number of nitriles is 1. The second kappa shape index (κ2) is 5.71. The first kappa shape index (κ1) is 14.4. The van der Waals surface area contributed by atoms with E-state index in [1.54, 1.807) is 0 Å². The predicted molar refractivity (Wildman–Crippen MR) is 93.0 cm³/mol. The van der Waals surface area contributed by atoms with Gasteiger partial charge in [0.1, 0.15) is 0 Å². The molecule has 3 heteroatoms. The lowest BCUT2D eigenvalue weighted by Gasteiger charge is -2.05. The molecule has 2 aromatic rings. The van der Waals surface area contributed by atoms with Gasteiger partial charge in [-0.25, -0.2) is 0 Å². The summed E-state index contributed by atoms with van der Waals surface area (Å²) in [6.45, 7) is 2.06. The fourth-order valence-corrected chi connectivity index (χ4v) is 2.96. The molecule has 2 N–H and O–H groups in total. The summed E-state index contributed by atoms with van der Waals surface area (Å²) in [5.41, 5.74) is 13.2. The van der Waals surface area contributed by atoms with E-state index >= 15 is 0 Å². The molecule has 0 saturated heterocycles. The Hall–Kier alpha value is -2.50. The van der Waals surface area contributed by atoms with Crippen molar-refractivity contribution >= 4 is 34.5 Å². The van der Waals surface area contributed by atoms with E-state index in [9.17, 15) is 0 Å². The van der Waals surface area contributed by atoms with Crippen LogP contribution in [0.5, 0.6) is 0 Å². The summed E-state index contributed by atoms with van der Waals surface area (Å²) in [6.07, 6.45) is 2.52. The summed E-state index contributed by atoms with van der Waals surface area (Å²) in [6, 6.07) is 15.9. The molecular weight excluding hydrogens is 292 g/mol. The number of rotatable bonds is 2. The van der Waals surface area contributed by atoms with E-state index in [0.29, 0.717) is 6.42 Å². The van der Waals surface area contributed by atoms with Crippen molar-refractivity contribution in [2.24, 2.45) is 0 Å². The first-order valence-electron chi connectivity index (χ1n) is 7.05. The highest BCUT2D eigenvalue weighted by atomic mass is 35.5. The maximum absolute atomic E-state index is 9.10. The van der Waals surface area contributed by atoms with Crippen LogP contribution in [0.3, 0.4) is 0 Å². The van der Waals surface area contributed by atoms with Gasteiger partial charge in [-0.15, -0.1) is 0 Å². The Morgan fingerprint density at radius 1 is 1.14 bits per heavy atom. The molecule has 0 atom stereocenters. The van der Waals surface area contributed by atoms with E-state index in [1.807, 2.05) is 42.5 Å². The van der Waals surface area contributed by atoms with Crippen molar-refractivity contribution in [1.29, 1.82) is 5.26 Å². The van der Waals surface area contributed by atoms with Crippen LogP contribution in [-0.2, 0) is 0 Å². The summed E-state index contributed by atoms with van der Waals surface area (Å²) < 4.78 is 0. The summed E-state index contributed by atoms with van der Waals surface area (Å²) in [5, 5.41) is 9.82. The molecule has 108 valence electrons. The zero-order valence-corrected chi connectivity index (χ0v) is 13.0. The molecule has 2 nitrogen and oxygen atoms in total. The first-order valence-corrected chi connectivity index (χ1v) is 7.42. The summed E-state index contributed by atoms with van der Waals surface area (Å²) >= 11 is 5.94. The van der Waals surface area contributed by atoms with Crippen molar-refractivity contribution in [2.45, 2.75) is 13.3 Å². The lowest BCUT2D eigenvalue weighted by molar-refractivity contribution is 1.35. The van der Waals surface area contributed by atoms with Crippen molar-refractivity contribution in [3.05, 3.63) is 69.8 Å². The number of benzene rings is 2. The normalized spacial score (nSPS) is 15.0. The molecule has 0 spiro atoms. The van der Waals surface area contributed by atoms with Gasteiger partial charge in [0, 0.05) is 10.7 Å². The van der Waals surface area contributed by atoms with Gasteiger partial charge in [-0.05, 0) is 70.7 Å². The van der Waals surface area contributed by atoms with E-state index in [-0.39, 0.29) is 0 Å². The van der Waals surface area contributed by atoms with Crippen LogP contribution in [0.1, 0.15) is 30.0 Å². The Bertz CT molecular complexity index is 837. The third-order valence-corrected chi connectivity index (χ3v) is 4.20. The molecule has 0 saturated carbocycles. The van der Waals surface area contributed by atoms with Crippen LogP contribution in [0.2, 0.25) is 5.02 Å². The third-order valence-electron chi connectivity index (χ3n) is 3.95. The maximum Gasteiger partial charge on any atom is 0.0670 e. The monoisotopic (exact) mass is 306 g/mol. The number of nitrogens with two attached hydrogens (primary N) is 1. The molecule has 1 aliphatic rings. The van der Waals surface area contributed by atoms with Crippen LogP contribution in [0.4, 0.5) is 5.69 Å². The minimum Gasteiger partial charge on any atom is -0.399 e. The Balaban J connectivity index is 2.16. The third kappa shape index (κ3) is 2.52. The van der Waals surface area contributed by atoms with Gasteiger partial charge in [0.25, 0.3) is 0 Å². The molecule has 0 amide bonds. The Morgan fingerprint density at radius 2 is 1.86 bits per heavy atom. The maximum atomic E-state index is 9.10. The van der Waals surface area contributed by atoms with Gasteiger partial charge in [0.2, 0.25) is 0 Å². The molecule has 0 radical (unpaired) electrons. The van der Waals surface area contributed by atoms with Gasteiger partial charge >= 0.3 is 0 Å². The van der Waals surface area contributed by atoms with E-state index in [2.05, 4.69) is 19.1 Å². The second-order valence-corrected chi connectivity index (χ2v) is 5.79. The van der Waals surface area contributed by atoms with Crippen molar-refractivity contribution < 1.29 is 0 Å². The molecule has 0 aromatic heterocycles. The Labute approximate surface area is 135 Å². The number of nitrogen functional groups attached to an aromatic ring is 1. The zero-order valence-electron chi connectivity index (χ0n) is 12.2. The zero-order chi connectivity index (χ0) is 15.7. The molecule has 2 aromatic carbocycles. The number of halogens is 1. The van der Waals surface area contributed by atoms with E-state index in [4.69, 9.17) is 22.6 Å². The molecule has 0 bridgehead atoms. The molecule has 0 heterocycles. The number of fused-ring (bicyclic) bond motifs is 1. The average molecular weight is 307 g/mol. The van der Waals surface area contributed by atoms with Crippen LogP contribution in [-0.4, -0.2) is 0 Å². The highest BCUT2D eigenvalue weighted by molar-refractivity contribution is 6.30. The predicted octanol–water partition coefficient (Wildman–Crippen LogP) is 5.16. The van der Waals surface area contributed by atoms with Crippen LogP contribution in [0.25, 0.3) is 17.2 Å². The molecular formula is C19H15ClN2. The number of nitrogens with zero attached hydrogens (tertiary/aromatic N) is 1. The first-order chi connectivity index (χ1) is 10.6. The lowest BCUT2D eigenvalue weighted by atomic mass is 10.0. The van der Waals surface area contributed by atoms with Gasteiger partial charge in [0.15, 0.2) is 0 Å². The summed E-state index contributed by atoms with van der Waals surface area (Å²) in [5.74, 6) is 0. The van der Waals surface area contributed by atoms with E-state index in [0.717, 1.165) is 44.1 Å². The standard InChI is InChI=1S/C19H15ClN2/c1-12-16(8-9-21)19-11-15(22)6-7-17(19)18(12)10-13-2-4-14(20)5-3-13/h2-7,10-11H,8,22H2,1H3. The molecule has 1 aliphatic carbocycles. The number of hydrogen-bond donors (Lipinski definition) is 1. The van der Waals surface area contributed by atoms with Crippen molar-refractivity contribution in [1.82, 2.24) is 0 Å². The molecule has 0 aliphatic heterocycles. The Morgan fingerprint density at radius 3 is 2.55 bits per heavy atom. The number of allylic oxidation sites excluding steroid dienone is 3. The molecule has 22 heavy (non-hydrogen) atoms. The molecule has 0 unspecified atom stereocenters. The van der Waals surface area contributed by atoms with E-state index < -0.39 is 0 Å². The van der Waals surface area contributed by atoms with Gasteiger partial charge < -0.3 is 5.73 Å². The van der Waals surface area contributed by atoms with Crippen LogP contribution < -0.4 is 5.73 Å². The van der Waals surface area contributed by atoms with Crippen molar-refractivity contribution in [3.8, 4) is 6.07 Å². The fourth-order valence-electron chi connectivity index (χ4n) is 2.83. The Kier molecular flexibility index (Phi) is 3.75. The fraction of sp³-hybridized carbons (Fsp3) is 0.105. The van der Waals surface area contributed by atoms with Crippen molar-refractivity contribution in [2.75, 3.05) is 5.73 Å². The van der Waals surface area contributed by atoms with E-state index in [1.165, 1.54) is 0 Å². The van der Waals surface area contributed by atoms with Gasteiger partial charge in [-0.2, -0.15) is 5.26 Å². The van der Waals surface area contributed by atoms with Crippen LogP contribution >= 0.6 is 11.6 Å². The summed E-state index contributed by atoms with van der Waals surface area (Å²) in [7, 11) is 0. The quantitative estimate of drug-likeness (QED) is 0.779. The van der Waals surface area contributed by atoms with Crippen molar-refractivity contribution in [3.63, 3.8) is 0 Å². The van der Waals surface area contributed by atoms with Gasteiger partial charge in [-0.1, -0.05) is 29.8 Å². The second-order valence-electron chi connectivity index (χ2n) is 5.35. The van der Waals surface area contributed by atoms with Gasteiger partial charge in [0.05, 0.1) is 12.5 Å². The highest BCUT2D eigenvalue weighted by Crippen LogP contribution is 2.44. The topological polar surface area (TPSA) is 49.8 Å². The lowest BCUT2D eigenvalue weighted by Crippen LogP contribution is -1.89. The van der Waals surface area contributed by atoms with Crippen LogP contribution in [0, 0.1) is 11.3 Å². The molecule has 3 rings (SSSR count). The smallest absolute Gasteiger partial charge is 0.0670 e. The number of anilines is 1. The summed E-state index contributed by atoms with van der Waals surface area (Å²) in [4.78, 5) is 0. The molecule has 0 fully saturated rings. The average Bonchev–Trinajstić information content (AvgIpc) is 2.75. The minimum atomic E-state index is 0.389. The highest BCUT2D eigenvalue weighted by Gasteiger charge is 2.23. The SMILES string of the molecule is CC1=C(CC#N)c2cc(N)ccc2C1=Cc1ccc(Cl)cc1. The number of hydrogen-bond acceptors (Lipinski definition) is 2.